The molecule has 0 radical (unpaired) electrons. The molecule has 1 aliphatic heterocycles. The van der Waals surface area contributed by atoms with Gasteiger partial charge in [-0.25, -0.2) is 0 Å². The lowest BCUT2D eigenvalue weighted by molar-refractivity contribution is 0.353. The summed E-state index contributed by atoms with van der Waals surface area (Å²) in [6.07, 6.45) is 6.89. The highest BCUT2D eigenvalue weighted by molar-refractivity contribution is 5.99. The fourth-order valence-corrected chi connectivity index (χ4v) is 4.24. The number of rotatable bonds is 8. The molecule has 0 amide bonds. The number of amidine groups is 1. The van der Waals surface area contributed by atoms with Gasteiger partial charge in [0.25, 0.3) is 0 Å². The minimum absolute atomic E-state index is 0.616. The molecule has 0 saturated carbocycles. The van der Waals surface area contributed by atoms with Gasteiger partial charge in [-0.1, -0.05) is 36.4 Å². The van der Waals surface area contributed by atoms with Gasteiger partial charge in [0.1, 0.15) is 5.84 Å². The van der Waals surface area contributed by atoms with Crippen LogP contribution in [0.2, 0.25) is 0 Å². The molecule has 1 unspecified atom stereocenters. The lowest BCUT2D eigenvalue weighted by Gasteiger charge is -2.37. The molecule has 0 bridgehead atoms. The standard InChI is InChI=1S/C26H30N4O2/c1-31-23-11-10-20(15-24(23)32-2)16-26(27)17-25(30-22-12-14-28-18-21(22)26)29-13-6-9-19-7-4-3-5-8-19/h3-5,7-8,10-12,14-15,18H,6,9,13,16-17,27H2,1-2H3,(H,29,30). The number of nitrogens with zero attached hydrogens (tertiary/aromatic N) is 2. The van der Waals surface area contributed by atoms with Crippen molar-refractivity contribution < 1.29 is 9.47 Å². The summed E-state index contributed by atoms with van der Waals surface area (Å²) >= 11 is 0. The van der Waals surface area contributed by atoms with Gasteiger partial charge in [-0.2, -0.15) is 0 Å². The van der Waals surface area contributed by atoms with E-state index in [2.05, 4.69) is 34.6 Å². The van der Waals surface area contributed by atoms with Crippen LogP contribution in [0, 0.1) is 0 Å². The first-order valence-electron chi connectivity index (χ1n) is 10.9. The number of hydrogen-bond donors (Lipinski definition) is 2. The molecule has 6 nitrogen and oxygen atoms in total. The Morgan fingerprint density at radius 2 is 1.84 bits per heavy atom. The van der Waals surface area contributed by atoms with Crippen molar-refractivity contribution in [3.63, 3.8) is 0 Å². The molecule has 0 aliphatic carbocycles. The molecule has 3 N–H and O–H groups in total. The van der Waals surface area contributed by atoms with E-state index in [1.807, 2.05) is 36.5 Å². The first-order chi connectivity index (χ1) is 15.6. The third-order valence-corrected chi connectivity index (χ3v) is 5.86. The predicted octanol–water partition coefficient (Wildman–Crippen LogP) is 4.34. The molecule has 3 aromatic rings. The SMILES string of the molecule is COc1ccc(CC2(N)CC(=NCCCc3ccccc3)Nc3ccncc32)cc1OC. The zero-order valence-electron chi connectivity index (χ0n) is 18.7. The fraction of sp³-hybridized carbons (Fsp3) is 0.308. The first kappa shape index (κ1) is 21.8. The van der Waals surface area contributed by atoms with Gasteiger partial charge in [0.05, 0.1) is 19.8 Å². The average molecular weight is 431 g/mol. The lowest BCUT2D eigenvalue weighted by Crippen LogP contribution is -2.46. The van der Waals surface area contributed by atoms with E-state index in [-0.39, 0.29) is 0 Å². The van der Waals surface area contributed by atoms with Crippen molar-refractivity contribution >= 4 is 11.5 Å². The van der Waals surface area contributed by atoms with Crippen LogP contribution >= 0.6 is 0 Å². The molecular weight excluding hydrogens is 400 g/mol. The van der Waals surface area contributed by atoms with Crippen molar-refractivity contribution in [2.45, 2.75) is 31.2 Å². The van der Waals surface area contributed by atoms with E-state index in [9.17, 15) is 0 Å². The molecule has 1 aromatic heterocycles. The van der Waals surface area contributed by atoms with Crippen LogP contribution in [0.5, 0.6) is 11.5 Å². The van der Waals surface area contributed by atoms with Crippen LogP contribution in [0.25, 0.3) is 0 Å². The highest BCUT2D eigenvalue weighted by Gasteiger charge is 2.36. The Morgan fingerprint density at radius 3 is 2.62 bits per heavy atom. The van der Waals surface area contributed by atoms with Crippen LogP contribution in [0.15, 0.2) is 72.0 Å². The van der Waals surface area contributed by atoms with Crippen LogP contribution < -0.4 is 20.5 Å². The number of anilines is 1. The summed E-state index contributed by atoms with van der Waals surface area (Å²) in [6, 6.07) is 18.4. The van der Waals surface area contributed by atoms with Crippen molar-refractivity contribution in [1.29, 1.82) is 0 Å². The summed E-state index contributed by atoms with van der Waals surface area (Å²) in [5.74, 6) is 2.32. The third-order valence-electron chi connectivity index (χ3n) is 5.86. The average Bonchev–Trinajstić information content (AvgIpc) is 2.82. The van der Waals surface area contributed by atoms with Crippen LogP contribution in [-0.4, -0.2) is 31.6 Å². The number of ether oxygens (including phenoxy) is 2. The van der Waals surface area contributed by atoms with E-state index in [1.165, 1.54) is 5.56 Å². The maximum Gasteiger partial charge on any atom is 0.160 e. The molecule has 166 valence electrons. The number of pyridine rings is 1. The number of hydrogen-bond acceptors (Lipinski definition) is 5. The Bertz CT molecular complexity index is 1080. The first-order valence-corrected chi connectivity index (χ1v) is 10.9. The van der Waals surface area contributed by atoms with Gasteiger partial charge in [-0.3, -0.25) is 9.98 Å². The molecule has 2 heterocycles. The Kier molecular flexibility index (Phi) is 6.71. The second-order valence-corrected chi connectivity index (χ2v) is 8.16. The minimum atomic E-state index is -0.618. The van der Waals surface area contributed by atoms with Gasteiger partial charge >= 0.3 is 0 Å². The number of methoxy groups -OCH3 is 2. The summed E-state index contributed by atoms with van der Waals surface area (Å²) < 4.78 is 10.8. The van der Waals surface area contributed by atoms with Crippen molar-refractivity contribution in [3.8, 4) is 11.5 Å². The van der Waals surface area contributed by atoms with Gasteiger partial charge in [0.2, 0.25) is 0 Å². The van der Waals surface area contributed by atoms with E-state index in [0.29, 0.717) is 24.3 Å². The Hall–Kier alpha value is -3.38. The monoisotopic (exact) mass is 430 g/mol. The topological polar surface area (TPSA) is 81.8 Å². The minimum Gasteiger partial charge on any atom is -0.493 e. The number of benzene rings is 2. The highest BCUT2D eigenvalue weighted by atomic mass is 16.5. The molecule has 32 heavy (non-hydrogen) atoms. The number of aromatic nitrogens is 1. The number of fused-ring (bicyclic) bond motifs is 1. The van der Waals surface area contributed by atoms with E-state index in [1.54, 1.807) is 20.4 Å². The molecular formula is C26H30N4O2. The van der Waals surface area contributed by atoms with Crippen molar-refractivity contribution in [1.82, 2.24) is 4.98 Å². The van der Waals surface area contributed by atoms with Crippen LogP contribution in [-0.2, 0) is 18.4 Å². The van der Waals surface area contributed by atoms with Gasteiger partial charge in [-0.05, 0) is 48.6 Å². The number of nitrogens with two attached hydrogens (primary N) is 1. The van der Waals surface area contributed by atoms with E-state index < -0.39 is 5.54 Å². The summed E-state index contributed by atoms with van der Waals surface area (Å²) in [5.41, 5.74) is 10.8. The van der Waals surface area contributed by atoms with Gasteiger partial charge in [0.15, 0.2) is 11.5 Å². The normalized spacial score (nSPS) is 18.7. The summed E-state index contributed by atoms with van der Waals surface area (Å²) in [6.45, 7) is 0.754. The Balaban J connectivity index is 1.52. The Labute approximate surface area is 189 Å². The Morgan fingerprint density at radius 1 is 1.03 bits per heavy atom. The highest BCUT2D eigenvalue weighted by Crippen LogP contribution is 2.37. The van der Waals surface area contributed by atoms with Gasteiger partial charge in [0, 0.05) is 36.6 Å². The largest absolute Gasteiger partial charge is 0.493 e. The van der Waals surface area contributed by atoms with Gasteiger partial charge < -0.3 is 20.5 Å². The molecule has 4 rings (SSSR count). The fourth-order valence-electron chi connectivity index (χ4n) is 4.24. The zero-order chi connectivity index (χ0) is 22.4. The zero-order valence-corrected chi connectivity index (χ0v) is 18.7. The molecule has 1 atom stereocenters. The van der Waals surface area contributed by atoms with E-state index in [0.717, 1.165) is 42.0 Å². The molecule has 2 aromatic carbocycles. The lowest BCUT2D eigenvalue weighted by atomic mass is 9.79. The molecule has 0 spiro atoms. The molecule has 0 saturated heterocycles. The van der Waals surface area contributed by atoms with Crippen LogP contribution in [0.3, 0.4) is 0 Å². The predicted molar refractivity (Wildman–Crippen MR) is 129 cm³/mol. The number of aryl methyl sites for hydroxylation is 1. The second-order valence-electron chi connectivity index (χ2n) is 8.16. The third kappa shape index (κ3) is 4.92. The number of aliphatic imine (C=N–C) groups is 1. The van der Waals surface area contributed by atoms with Gasteiger partial charge in [-0.15, -0.1) is 0 Å². The van der Waals surface area contributed by atoms with Crippen molar-refractivity contribution in [2.75, 3.05) is 26.1 Å². The van der Waals surface area contributed by atoms with Crippen molar-refractivity contribution in [2.24, 2.45) is 10.7 Å². The quantitative estimate of drug-likeness (QED) is 0.520. The molecule has 1 aliphatic rings. The molecule has 6 heteroatoms. The molecule has 0 fully saturated rings. The maximum atomic E-state index is 7.02. The second kappa shape index (κ2) is 9.83. The smallest absolute Gasteiger partial charge is 0.160 e. The van der Waals surface area contributed by atoms with E-state index in [4.69, 9.17) is 20.2 Å². The summed E-state index contributed by atoms with van der Waals surface area (Å²) in [4.78, 5) is 9.18. The summed E-state index contributed by atoms with van der Waals surface area (Å²) in [5, 5.41) is 3.46. The van der Waals surface area contributed by atoms with E-state index >= 15 is 0 Å². The summed E-state index contributed by atoms with van der Waals surface area (Å²) in [7, 11) is 3.28. The maximum absolute atomic E-state index is 7.02. The van der Waals surface area contributed by atoms with Crippen LogP contribution in [0.1, 0.15) is 29.5 Å². The van der Waals surface area contributed by atoms with Crippen molar-refractivity contribution in [3.05, 3.63) is 83.7 Å². The number of nitrogens with one attached hydrogen (secondary N) is 1. The van der Waals surface area contributed by atoms with Crippen LogP contribution in [0.4, 0.5) is 5.69 Å².